The van der Waals surface area contributed by atoms with E-state index in [1.165, 1.54) is 41.6 Å². The van der Waals surface area contributed by atoms with Crippen LogP contribution in [0.15, 0.2) is 24.3 Å². The number of nitroso groups, excluding NO2 is 1. The van der Waals surface area contributed by atoms with Crippen LogP contribution in [0.3, 0.4) is 0 Å². The Morgan fingerprint density at radius 1 is 1.24 bits per heavy atom. The fraction of sp³-hybridized carbons (Fsp3) is 0.600. The van der Waals surface area contributed by atoms with Gasteiger partial charge in [0.15, 0.2) is 6.54 Å². The summed E-state index contributed by atoms with van der Waals surface area (Å²) in [5, 5.41) is 0. The third kappa shape index (κ3) is 1.07. The molecular weight excluding hydrogens is 210 g/mol. The van der Waals surface area contributed by atoms with Gasteiger partial charge in [-0.1, -0.05) is 30.7 Å². The van der Waals surface area contributed by atoms with E-state index >= 15 is 0 Å². The monoisotopic (exact) mass is 228 g/mol. The Bertz CT molecular complexity index is 495. The van der Waals surface area contributed by atoms with Crippen LogP contribution in [0.4, 0.5) is 0 Å². The predicted molar refractivity (Wildman–Crippen MR) is 65.9 cm³/mol. The molecule has 0 aromatic heterocycles. The standard InChI is InChI=1S/C15H18NO/c17-16-10-11-9-12-5-3-4-8-15(12,16)14-7-2-1-6-13(11)14/h1-2,6-7,11-12H,3-5,8-10H2/q+1/t11-,12+,15+/m1/s1. The molecule has 17 heavy (non-hydrogen) atoms. The SMILES string of the molecule is O=[N+]1C[C@H]2C[C@@H]3CCCC[C@@]31c1ccccc12. The molecule has 0 unspecified atom stereocenters. The Morgan fingerprint density at radius 2 is 2.12 bits per heavy atom. The quantitative estimate of drug-likeness (QED) is 0.623. The molecule has 2 aliphatic heterocycles. The number of hydrogen-bond donors (Lipinski definition) is 0. The van der Waals surface area contributed by atoms with Crippen molar-refractivity contribution in [1.29, 1.82) is 0 Å². The van der Waals surface area contributed by atoms with Gasteiger partial charge in [-0.2, -0.15) is 0 Å². The summed E-state index contributed by atoms with van der Waals surface area (Å²) in [6.07, 6.45) is 6.10. The van der Waals surface area contributed by atoms with E-state index in [4.69, 9.17) is 0 Å². The summed E-state index contributed by atoms with van der Waals surface area (Å²) in [5.41, 5.74) is 2.68. The van der Waals surface area contributed by atoms with Crippen LogP contribution >= 0.6 is 0 Å². The lowest BCUT2D eigenvalue weighted by atomic mass is 9.57. The molecule has 88 valence electrons. The normalized spacial score (nSPS) is 38.7. The maximum Gasteiger partial charge on any atom is 0.238 e. The third-order valence-electron chi connectivity index (χ3n) is 5.30. The van der Waals surface area contributed by atoms with Crippen molar-refractivity contribution in [1.82, 2.24) is 0 Å². The minimum atomic E-state index is -0.149. The van der Waals surface area contributed by atoms with Crippen molar-refractivity contribution in [3.63, 3.8) is 0 Å². The van der Waals surface area contributed by atoms with Gasteiger partial charge in [-0.3, -0.25) is 0 Å². The highest BCUT2D eigenvalue weighted by Crippen LogP contribution is 2.57. The molecule has 1 spiro atoms. The van der Waals surface area contributed by atoms with E-state index in [0.717, 1.165) is 13.0 Å². The Kier molecular flexibility index (Phi) is 1.84. The van der Waals surface area contributed by atoms with E-state index in [1.807, 2.05) is 0 Å². The molecular formula is C15H18NO+. The van der Waals surface area contributed by atoms with E-state index in [-0.39, 0.29) is 5.54 Å². The summed E-state index contributed by atoms with van der Waals surface area (Å²) < 4.78 is 1.44. The van der Waals surface area contributed by atoms with Crippen LogP contribution in [-0.2, 0) is 5.54 Å². The second kappa shape index (κ2) is 3.18. The van der Waals surface area contributed by atoms with Crippen molar-refractivity contribution < 1.29 is 4.76 Å². The molecule has 2 nitrogen and oxygen atoms in total. The fourth-order valence-corrected chi connectivity index (χ4v) is 4.61. The Balaban J connectivity index is 1.98. The van der Waals surface area contributed by atoms with Gasteiger partial charge in [-0.25, -0.2) is 0 Å². The molecule has 2 fully saturated rings. The van der Waals surface area contributed by atoms with Gasteiger partial charge in [0.2, 0.25) is 5.54 Å². The van der Waals surface area contributed by atoms with Crippen LogP contribution in [0.5, 0.6) is 0 Å². The van der Waals surface area contributed by atoms with Crippen LogP contribution in [-0.4, -0.2) is 11.3 Å². The van der Waals surface area contributed by atoms with Gasteiger partial charge < -0.3 is 0 Å². The number of nitrogens with zero attached hydrogens (tertiary/aromatic N) is 1. The molecule has 1 saturated carbocycles. The molecule has 3 atom stereocenters. The molecule has 0 N–H and O–H groups in total. The molecule has 4 aliphatic rings. The Labute approximate surface area is 102 Å². The lowest BCUT2D eigenvalue weighted by Gasteiger charge is -2.48. The zero-order chi connectivity index (χ0) is 11.5. The van der Waals surface area contributed by atoms with Crippen LogP contribution in [0.25, 0.3) is 0 Å². The summed E-state index contributed by atoms with van der Waals surface area (Å²) in [5.74, 6) is 1.11. The maximum atomic E-state index is 12.5. The zero-order valence-corrected chi connectivity index (χ0v) is 10.1. The summed E-state index contributed by atoms with van der Waals surface area (Å²) in [6, 6.07) is 8.69. The highest BCUT2D eigenvalue weighted by atomic mass is 16.3. The van der Waals surface area contributed by atoms with Crippen LogP contribution in [0.1, 0.15) is 49.1 Å². The van der Waals surface area contributed by atoms with Crippen molar-refractivity contribution in [2.24, 2.45) is 5.92 Å². The first-order valence-electron chi connectivity index (χ1n) is 6.86. The molecule has 2 aliphatic carbocycles. The Morgan fingerprint density at radius 3 is 3.06 bits per heavy atom. The second-order valence-corrected chi connectivity index (χ2v) is 5.95. The molecule has 2 bridgehead atoms. The molecule has 2 heteroatoms. The number of piperidine rings is 1. The summed E-state index contributed by atoms with van der Waals surface area (Å²) >= 11 is 0. The largest absolute Gasteiger partial charge is 0.238 e. The van der Waals surface area contributed by atoms with Crippen LogP contribution in [0, 0.1) is 10.8 Å². The number of hydrogen-bond acceptors (Lipinski definition) is 1. The lowest BCUT2D eigenvalue weighted by Crippen LogP contribution is -2.56. The van der Waals surface area contributed by atoms with Crippen molar-refractivity contribution in [2.45, 2.75) is 43.6 Å². The number of fused-ring (bicyclic) bond motifs is 1. The van der Waals surface area contributed by atoms with E-state index in [2.05, 4.69) is 24.3 Å². The smallest absolute Gasteiger partial charge is 0.0620 e. The molecule has 1 saturated heterocycles. The first kappa shape index (κ1) is 9.81. The average Bonchev–Trinajstić information content (AvgIpc) is 2.39. The lowest BCUT2D eigenvalue weighted by molar-refractivity contribution is -0.668. The first-order chi connectivity index (χ1) is 8.32. The van der Waals surface area contributed by atoms with Gasteiger partial charge in [-0.15, -0.1) is 0 Å². The minimum absolute atomic E-state index is 0.149. The highest BCUT2D eigenvalue weighted by molar-refractivity contribution is 5.40. The predicted octanol–water partition coefficient (Wildman–Crippen LogP) is 3.35. The molecule has 5 rings (SSSR count). The minimum Gasteiger partial charge on any atom is -0.0620 e. The molecule has 0 radical (unpaired) electrons. The summed E-state index contributed by atoms with van der Waals surface area (Å²) in [6.45, 7) is 0.730. The first-order valence-corrected chi connectivity index (χ1v) is 6.86. The topological polar surface area (TPSA) is 20.1 Å². The third-order valence-corrected chi connectivity index (χ3v) is 5.30. The van der Waals surface area contributed by atoms with E-state index in [9.17, 15) is 4.91 Å². The number of benzene rings is 1. The van der Waals surface area contributed by atoms with E-state index in [0.29, 0.717) is 11.8 Å². The maximum absolute atomic E-state index is 12.5. The van der Waals surface area contributed by atoms with Crippen molar-refractivity contribution in [3.05, 3.63) is 40.3 Å². The molecule has 1 aromatic rings. The molecule has 1 aromatic carbocycles. The second-order valence-electron chi connectivity index (χ2n) is 5.95. The summed E-state index contributed by atoms with van der Waals surface area (Å²) in [4.78, 5) is 12.5. The zero-order valence-electron chi connectivity index (χ0n) is 10.1. The summed E-state index contributed by atoms with van der Waals surface area (Å²) in [7, 11) is 0. The fourth-order valence-electron chi connectivity index (χ4n) is 4.61. The van der Waals surface area contributed by atoms with Crippen LogP contribution < -0.4 is 0 Å². The van der Waals surface area contributed by atoms with Crippen molar-refractivity contribution in [2.75, 3.05) is 6.54 Å². The van der Waals surface area contributed by atoms with Gasteiger partial charge in [-0.05, 0) is 24.8 Å². The van der Waals surface area contributed by atoms with E-state index in [1.54, 1.807) is 0 Å². The van der Waals surface area contributed by atoms with Gasteiger partial charge in [0.05, 0.1) is 0 Å². The Hall–Kier alpha value is -1.18. The van der Waals surface area contributed by atoms with Crippen molar-refractivity contribution in [3.8, 4) is 0 Å². The average molecular weight is 228 g/mol. The highest BCUT2D eigenvalue weighted by Gasteiger charge is 2.63. The van der Waals surface area contributed by atoms with Gasteiger partial charge in [0.1, 0.15) is 0 Å². The van der Waals surface area contributed by atoms with Crippen LogP contribution in [0.2, 0.25) is 0 Å². The van der Waals surface area contributed by atoms with Gasteiger partial charge >= 0.3 is 0 Å². The molecule has 2 heterocycles. The number of rotatable bonds is 0. The van der Waals surface area contributed by atoms with E-state index < -0.39 is 0 Å². The van der Waals surface area contributed by atoms with Gasteiger partial charge in [0.25, 0.3) is 0 Å². The molecule has 0 amide bonds. The van der Waals surface area contributed by atoms with Crippen molar-refractivity contribution >= 4 is 0 Å². The van der Waals surface area contributed by atoms with Gasteiger partial charge in [0, 0.05) is 33.5 Å².